The average Bonchev–Trinajstić information content (AvgIpc) is 3.23. The van der Waals surface area contributed by atoms with Crippen molar-refractivity contribution in [2.24, 2.45) is 0 Å². The Bertz CT molecular complexity index is 1170. The zero-order valence-electron chi connectivity index (χ0n) is 17.3. The summed E-state index contributed by atoms with van der Waals surface area (Å²) >= 11 is 0. The Balaban J connectivity index is 0.000000383. The van der Waals surface area contributed by atoms with Gasteiger partial charge in [0.2, 0.25) is 0 Å². The Morgan fingerprint density at radius 1 is 0.909 bits per heavy atom. The molecule has 6 nitrogen and oxygen atoms in total. The van der Waals surface area contributed by atoms with E-state index in [-0.39, 0.29) is 6.04 Å². The molecule has 0 fully saturated rings. The standard InChI is InChI=1S/C22H21N3O.C2HF3O2/c26-22(17-11-5-2-6-12-17)21(16-9-3-1-4-10-16)23-15-20-18-13-7-8-14-19(18)24-25-20;3-2(4,5)1(6)7/h1-14,21-23,26H,15H2,(H,24,25);(H,6,7)/t21-,22+;/m0./s1. The van der Waals surface area contributed by atoms with Crippen molar-refractivity contribution in [3.63, 3.8) is 0 Å². The molecule has 4 rings (SSSR count). The molecule has 0 saturated carbocycles. The van der Waals surface area contributed by atoms with Crippen LogP contribution in [0, 0.1) is 0 Å². The third kappa shape index (κ3) is 6.41. The average molecular weight is 457 g/mol. The summed E-state index contributed by atoms with van der Waals surface area (Å²) in [6.07, 6.45) is -5.73. The van der Waals surface area contributed by atoms with E-state index in [9.17, 15) is 18.3 Å². The van der Waals surface area contributed by atoms with Crippen LogP contribution in [0.2, 0.25) is 0 Å². The van der Waals surface area contributed by atoms with Crippen LogP contribution >= 0.6 is 0 Å². The summed E-state index contributed by atoms with van der Waals surface area (Å²) in [5.74, 6) is -2.76. The van der Waals surface area contributed by atoms with Crippen LogP contribution in [0.5, 0.6) is 0 Å². The van der Waals surface area contributed by atoms with Gasteiger partial charge in [-0.25, -0.2) is 4.79 Å². The van der Waals surface area contributed by atoms with Crippen molar-refractivity contribution >= 4 is 16.9 Å². The summed E-state index contributed by atoms with van der Waals surface area (Å²) < 4.78 is 31.7. The fraction of sp³-hybridized carbons (Fsp3) is 0.167. The molecule has 1 aromatic heterocycles. The Hall–Kier alpha value is -3.69. The van der Waals surface area contributed by atoms with Gasteiger partial charge in [0.1, 0.15) is 0 Å². The summed E-state index contributed by atoms with van der Waals surface area (Å²) in [4.78, 5) is 8.90. The van der Waals surface area contributed by atoms with Crippen molar-refractivity contribution in [3.8, 4) is 0 Å². The van der Waals surface area contributed by atoms with E-state index >= 15 is 0 Å². The van der Waals surface area contributed by atoms with E-state index in [0.29, 0.717) is 6.54 Å². The molecular formula is C24H22F3N3O3. The van der Waals surface area contributed by atoms with Crippen LogP contribution in [0.1, 0.15) is 29.0 Å². The van der Waals surface area contributed by atoms with E-state index in [4.69, 9.17) is 9.90 Å². The van der Waals surface area contributed by atoms with Gasteiger partial charge in [-0.2, -0.15) is 18.3 Å². The first-order valence-corrected chi connectivity index (χ1v) is 10.0. The molecule has 0 aliphatic heterocycles. The number of hydrogen-bond acceptors (Lipinski definition) is 4. The van der Waals surface area contributed by atoms with Crippen LogP contribution in [-0.2, 0) is 11.3 Å². The summed E-state index contributed by atoms with van der Waals surface area (Å²) in [7, 11) is 0. The van der Waals surface area contributed by atoms with Crippen molar-refractivity contribution in [1.29, 1.82) is 0 Å². The molecule has 3 aromatic carbocycles. The molecule has 0 amide bonds. The van der Waals surface area contributed by atoms with Gasteiger partial charge in [0.15, 0.2) is 0 Å². The van der Waals surface area contributed by atoms with Crippen molar-refractivity contribution in [2.45, 2.75) is 24.9 Å². The largest absolute Gasteiger partial charge is 0.490 e. The van der Waals surface area contributed by atoms with Gasteiger partial charge >= 0.3 is 12.1 Å². The highest BCUT2D eigenvalue weighted by Gasteiger charge is 2.38. The van der Waals surface area contributed by atoms with E-state index < -0.39 is 18.2 Å². The Kier molecular flexibility index (Phi) is 7.81. The number of nitrogens with zero attached hydrogens (tertiary/aromatic N) is 1. The number of halogens is 3. The normalized spacial score (nSPS) is 13.1. The fourth-order valence-electron chi connectivity index (χ4n) is 3.28. The molecule has 4 N–H and O–H groups in total. The number of alkyl halides is 3. The fourth-order valence-corrected chi connectivity index (χ4v) is 3.28. The second-order valence-corrected chi connectivity index (χ2v) is 7.15. The molecule has 172 valence electrons. The number of aliphatic carboxylic acids is 1. The molecule has 0 aliphatic carbocycles. The lowest BCUT2D eigenvalue weighted by atomic mass is 9.95. The number of carboxylic acid groups (broad SMARTS) is 1. The monoisotopic (exact) mass is 457 g/mol. The summed E-state index contributed by atoms with van der Waals surface area (Å²) in [6, 6.07) is 27.6. The summed E-state index contributed by atoms with van der Waals surface area (Å²) in [6.45, 7) is 0.587. The first-order valence-electron chi connectivity index (χ1n) is 10.0. The highest BCUT2D eigenvalue weighted by Crippen LogP contribution is 2.29. The number of aromatic nitrogens is 2. The molecule has 1 heterocycles. The number of nitrogens with one attached hydrogen (secondary N) is 2. The van der Waals surface area contributed by atoms with Gasteiger partial charge < -0.3 is 15.5 Å². The molecule has 0 saturated heterocycles. The Morgan fingerprint density at radius 3 is 2.00 bits per heavy atom. The molecule has 0 aliphatic rings. The summed E-state index contributed by atoms with van der Waals surface area (Å²) in [5.41, 5.74) is 3.90. The highest BCUT2D eigenvalue weighted by atomic mass is 19.4. The zero-order valence-corrected chi connectivity index (χ0v) is 17.3. The first kappa shape index (κ1) is 24.0. The van der Waals surface area contributed by atoms with Gasteiger partial charge in [-0.1, -0.05) is 78.9 Å². The number of aliphatic hydroxyl groups excluding tert-OH is 1. The predicted molar refractivity (Wildman–Crippen MR) is 117 cm³/mol. The zero-order chi connectivity index (χ0) is 23.8. The molecule has 0 unspecified atom stereocenters. The third-order valence-electron chi connectivity index (χ3n) is 4.90. The molecule has 9 heteroatoms. The molecule has 0 bridgehead atoms. The lowest BCUT2D eigenvalue weighted by Crippen LogP contribution is -2.27. The minimum Gasteiger partial charge on any atom is -0.475 e. The number of H-pyrrole nitrogens is 1. The molecule has 33 heavy (non-hydrogen) atoms. The smallest absolute Gasteiger partial charge is 0.475 e. The van der Waals surface area contributed by atoms with Crippen LogP contribution in [0.25, 0.3) is 10.9 Å². The lowest BCUT2D eigenvalue weighted by Gasteiger charge is -2.25. The Labute approximate surface area is 187 Å². The number of carboxylic acids is 1. The molecule has 0 radical (unpaired) electrons. The first-order chi connectivity index (χ1) is 15.8. The molecule has 0 spiro atoms. The number of aliphatic hydroxyl groups is 1. The number of aromatic amines is 1. The van der Waals surface area contributed by atoms with Crippen LogP contribution in [0.3, 0.4) is 0 Å². The number of rotatable bonds is 6. The molecular weight excluding hydrogens is 435 g/mol. The van der Waals surface area contributed by atoms with Crippen LogP contribution in [-0.4, -0.2) is 32.6 Å². The van der Waals surface area contributed by atoms with E-state index in [1.807, 2.05) is 78.9 Å². The van der Waals surface area contributed by atoms with Crippen molar-refractivity contribution in [2.75, 3.05) is 0 Å². The summed E-state index contributed by atoms with van der Waals surface area (Å²) in [5, 5.41) is 30.2. The SMILES string of the molecule is O=C(O)C(F)(F)F.O[C@H](c1ccccc1)[C@@H](NCc1[nH]nc2ccccc12)c1ccccc1. The second kappa shape index (κ2) is 10.8. The van der Waals surface area contributed by atoms with Crippen LogP contribution in [0.4, 0.5) is 13.2 Å². The van der Waals surface area contributed by atoms with Gasteiger partial charge in [-0.05, 0) is 17.2 Å². The lowest BCUT2D eigenvalue weighted by molar-refractivity contribution is -0.192. The highest BCUT2D eigenvalue weighted by molar-refractivity contribution is 5.81. The van der Waals surface area contributed by atoms with Gasteiger partial charge in [0, 0.05) is 11.9 Å². The maximum Gasteiger partial charge on any atom is 0.490 e. The third-order valence-corrected chi connectivity index (χ3v) is 4.90. The van der Waals surface area contributed by atoms with Crippen molar-refractivity contribution in [1.82, 2.24) is 15.5 Å². The van der Waals surface area contributed by atoms with Gasteiger partial charge in [0.05, 0.1) is 23.4 Å². The predicted octanol–water partition coefficient (Wildman–Crippen LogP) is 4.76. The Morgan fingerprint density at radius 2 is 1.42 bits per heavy atom. The number of fused-ring (bicyclic) bond motifs is 1. The van der Waals surface area contributed by atoms with E-state index in [0.717, 1.165) is 27.7 Å². The van der Waals surface area contributed by atoms with Crippen LogP contribution < -0.4 is 5.32 Å². The number of hydrogen-bond donors (Lipinski definition) is 4. The minimum atomic E-state index is -5.08. The van der Waals surface area contributed by atoms with Crippen molar-refractivity contribution < 1.29 is 28.2 Å². The van der Waals surface area contributed by atoms with Gasteiger partial charge in [-0.15, -0.1) is 0 Å². The molecule has 2 atom stereocenters. The number of benzene rings is 3. The van der Waals surface area contributed by atoms with E-state index in [2.05, 4.69) is 21.6 Å². The maximum atomic E-state index is 11.0. The second-order valence-electron chi connectivity index (χ2n) is 7.15. The van der Waals surface area contributed by atoms with Gasteiger partial charge in [-0.3, -0.25) is 5.10 Å². The van der Waals surface area contributed by atoms with E-state index in [1.165, 1.54) is 0 Å². The minimum absolute atomic E-state index is 0.222. The quantitative estimate of drug-likeness (QED) is 0.335. The van der Waals surface area contributed by atoms with Crippen LogP contribution in [0.15, 0.2) is 84.9 Å². The molecule has 4 aromatic rings. The maximum absolute atomic E-state index is 11.0. The number of para-hydroxylation sites is 1. The van der Waals surface area contributed by atoms with E-state index in [1.54, 1.807) is 0 Å². The topological polar surface area (TPSA) is 98.2 Å². The van der Waals surface area contributed by atoms with Crippen molar-refractivity contribution in [3.05, 3.63) is 102 Å². The number of carbonyl (C=O) groups is 1. The van der Waals surface area contributed by atoms with Gasteiger partial charge in [0.25, 0.3) is 0 Å².